The van der Waals surface area contributed by atoms with Gasteiger partial charge in [0.05, 0.1) is 23.3 Å². The Hall–Kier alpha value is -1.63. The van der Waals surface area contributed by atoms with Gasteiger partial charge in [-0.25, -0.2) is 0 Å². The Morgan fingerprint density at radius 2 is 1.78 bits per heavy atom. The van der Waals surface area contributed by atoms with Crippen molar-refractivity contribution in [3.8, 4) is 6.07 Å². The van der Waals surface area contributed by atoms with Gasteiger partial charge in [0.15, 0.2) is 0 Å². The standard InChI is InChI=1S/C33H47NO2/c1-5-33(36)19-18-31(3)25(20-33)11-12-26-28-14-13-27(32(28,4)17-16-29(26)31)22(2)6-15-30(35)24-9-7-23(21-34)8-10-24/h7-11,22,26-30,35-36H,5-6,12-20H2,1-4H3/t22-,26+,27-,28+,29?,30?,31+,32-,33+/m1/s1. The molecule has 4 aliphatic carbocycles. The van der Waals surface area contributed by atoms with E-state index in [0.29, 0.717) is 22.3 Å². The van der Waals surface area contributed by atoms with Crippen LogP contribution in [-0.2, 0) is 0 Å². The number of aliphatic hydroxyl groups excluding tert-OH is 1. The van der Waals surface area contributed by atoms with E-state index in [1.165, 1.54) is 32.1 Å². The van der Waals surface area contributed by atoms with Crippen LogP contribution in [0.15, 0.2) is 35.9 Å². The summed E-state index contributed by atoms with van der Waals surface area (Å²) in [7, 11) is 0. The maximum absolute atomic E-state index is 11.0. The molecule has 2 N–H and O–H groups in total. The molecule has 0 bridgehead atoms. The predicted molar refractivity (Wildman–Crippen MR) is 145 cm³/mol. The number of hydrogen-bond donors (Lipinski definition) is 2. The Bertz CT molecular complexity index is 1020. The number of aliphatic hydroxyl groups is 2. The van der Waals surface area contributed by atoms with Crippen molar-refractivity contribution in [2.75, 3.05) is 0 Å². The van der Waals surface area contributed by atoms with Crippen LogP contribution in [0.5, 0.6) is 0 Å². The molecule has 196 valence electrons. The lowest BCUT2D eigenvalue weighted by Gasteiger charge is -2.59. The molecule has 0 heterocycles. The molecule has 36 heavy (non-hydrogen) atoms. The summed E-state index contributed by atoms with van der Waals surface area (Å²) in [6.07, 6.45) is 14.4. The minimum absolute atomic E-state index is 0.292. The van der Waals surface area contributed by atoms with Gasteiger partial charge in [-0.1, -0.05) is 51.5 Å². The molecule has 1 aromatic rings. The minimum Gasteiger partial charge on any atom is -0.390 e. The molecule has 0 radical (unpaired) electrons. The van der Waals surface area contributed by atoms with Crippen LogP contribution in [-0.4, -0.2) is 15.8 Å². The van der Waals surface area contributed by atoms with Gasteiger partial charge in [0, 0.05) is 0 Å². The van der Waals surface area contributed by atoms with E-state index in [-0.39, 0.29) is 0 Å². The number of benzene rings is 1. The van der Waals surface area contributed by atoms with Crippen LogP contribution in [0.2, 0.25) is 0 Å². The fourth-order valence-corrected chi connectivity index (χ4v) is 9.56. The Labute approximate surface area is 219 Å². The topological polar surface area (TPSA) is 64.2 Å². The third-order valence-electron chi connectivity index (χ3n) is 12.0. The Morgan fingerprint density at radius 3 is 2.47 bits per heavy atom. The van der Waals surface area contributed by atoms with Crippen LogP contribution in [0.25, 0.3) is 0 Å². The van der Waals surface area contributed by atoms with E-state index < -0.39 is 11.7 Å². The highest BCUT2D eigenvalue weighted by Crippen LogP contribution is 2.67. The van der Waals surface area contributed by atoms with Gasteiger partial charge in [0.1, 0.15) is 0 Å². The van der Waals surface area contributed by atoms with Gasteiger partial charge >= 0.3 is 0 Å². The molecule has 5 rings (SSSR count). The van der Waals surface area contributed by atoms with E-state index in [1.54, 1.807) is 5.57 Å². The Morgan fingerprint density at radius 1 is 1.03 bits per heavy atom. The summed E-state index contributed by atoms with van der Waals surface area (Å²) in [4.78, 5) is 0. The lowest BCUT2D eigenvalue weighted by Crippen LogP contribution is -2.52. The molecule has 3 nitrogen and oxygen atoms in total. The summed E-state index contributed by atoms with van der Waals surface area (Å²) in [5.74, 6) is 3.75. The van der Waals surface area contributed by atoms with Crippen molar-refractivity contribution >= 4 is 0 Å². The van der Waals surface area contributed by atoms with Gasteiger partial charge in [-0.15, -0.1) is 0 Å². The number of nitrogens with zero attached hydrogens (tertiary/aromatic N) is 1. The normalized spacial score (nSPS) is 41.3. The van der Waals surface area contributed by atoms with Crippen molar-refractivity contribution < 1.29 is 10.2 Å². The molecule has 2 unspecified atom stereocenters. The zero-order valence-corrected chi connectivity index (χ0v) is 23.0. The van der Waals surface area contributed by atoms with Gasteiger partial charge in [-0.2, -0.15) is 5.26 Å². The molecule has 3 heteroatoms. The fourth-order valence-electron chi connectivity index (χ4n) is 9.56. The van der Waals surface area contributed by atoms with Crippen molar-refractivity contribution in [2.24, 2.45) is 40.4 Å². The number of rotatable bonds is 6. The Balaban J connectivity index is 1.26. The van der Waals surface area contributed by atoms with Crippen molar-refractivity contribution in [2.45, 2.75) is 110 Å². The van der Waals surface area contributed by atoms with E-state index in [1.807, 2.05) is 24.3 Å². The lowest BCUT2D eigenvalue weighted by molar-refractivity contribution is -0.0757. The number of nitriles is 1. The van der Waals surface area contributed by atoms with E-state index in [2.05, 4.69) is 39.8 Å². The maximum atomic E-state index is 11.0. The van der Waals surface area contributed by atoms with Crippen molar-refractivity contribution in [3.05, 3.63) is 47.0 Å². The zero-order valence-electron chi connectivity index (χ0n) is 23.0. The predicted octanol–water partition coefficient (Wildman–Crippen LogP) is 7.73. The smallest absolute Gasteiger partial charge is 0.0991 e. The average Bonchev–Trinajstić information content (AvgIpc) is 3.25. The first kappa shape index (κ1) is 26.0. The second kappa shape index (κ2) is 9.59. The summed E-state index contributed by atoms with van der Waals surface area (Å²) in [5.41, 5.74) is 3.38. The van der Waals surface area contributed by atoms with Crippen molar-refractivity contribution in [1.82, 2.24) is 0 Å². The monoisotopic (exact) mass is 489 g/mol. The minimum atomic E-state index is -0.475. The molecular formula is C33H47NO2. The summed E-state index contributed by atoms with van der Waals surface area (Å²) in [5, 5.41) is 30.9. The molecule has 9 atom stereocenters. The molecule has 1 aromatic carbocycles. The van der Waals surface area contributed by atoms with Crippen LogP contribution in [0.4, 0.5) is 0 Å². The second-order valence-electron chi connectivity index (χ2n) is 13.5. The van der Waals surface area contributed by atoms with Crippen LogP contribution < -0.4 is 0 Å². The molecule has 0 saturated heterocycles. The largest absolute Gasteiger partial charge is 0.390 e. The highest BCUT2D eigenvalue weighted by atomic mass is 16.3. The third-order valence-corrected chi connectivity index (χ3v) is 12.0. The van der Waals surface area contributed by atoms with Crippen LogP contribution in [0.1, 0.15) is 116 Å². The van der Waals surface area contributed by atoms with E-state index in [9.17, 15) is 10.2 Å². The SMILES string of the molecule is CC[C@]1(O)CC[C@@]2(C)C(=CC[C@@H]3C2CC[C@]2(C)[C@@H]([C@H](C)CCC(O)c4ccc(C#N)cc4)CC[C@@H]32)C1. The van der Waals surface area contributed by atoms with E-state index >= 15 is 0 Å². The molecule has 4 aliphatic rings. The molecule has 3 saturated carbocycles. The molecule has 0 aromatic heterocycles. The summed E-state index contributed by atoms with van der Waals surface area (Å²) in [6.45, 7) is 9.72. The zero-order chi connectivity index (χ0) is 25.7. The van der Waals surface area contributed by atoms with Gasteiger partial charge in [-0.05, 0) is 129 Å². The lowest BCUT2D eigenvalue weighted by atomic mass is 9.46. The highest BCUT2D eigenvalue weighted by molar-refractivity contribution is 5.32. The van der Waals surface area contributed by atoms with Gasteiger partial charge in [0.25, 0.3) is 0 Å². The number of allylic oxidation sites excluding steroid dienone is 1. The van der Waals surface area contributed by atoms with Gasteiger partial charge in [0.2, 0.25) is 0 Å². The first-order chi connectivity index (χ1) is 17.1. The quantitative estimate of drug-likeness (QED) is 0.402. The highest BCUT2D eigenvalue weighted by Gasteiger charge is 2.59. The van der Waals surface area contributed by atoms with Crippen molar-refractivity contribution in [1.29, 1.82) is 5.26 Å². The molecule has 3 fully saturated rings. The number of fused-ring (bicyclic) bond motifs is 5. The maximum Gasteiger partial charge on any atom is 0.0991 e. The van der Waals surface area contributed by atoms with E-state index in [0.717, 1.165) is 67.8 Å². The van der Waals surface area contributed by atoms with Crippen molar-refractivity contribution in [3.63, 3.8) is 0 Å². The van der Waals surface area contributed by atoms with Crippen LogP contribution in [0.3, 0.4) is 0 Å². The Kier molecular flexibility index (Phi) is 6.93. The second-order valence-corrected chi connectivity index (χ2v) is 13.5. The van der Waals surface area contributed by atoms with Gasteiger partial charge in [-0.3, -0.25) is 0 Å². The van der Waals surface area contributed by atoms with Gasteiger partial charge < -0.3 is 10.2 Å². The molecular weight excluding hydrogens is 442 g/mol. The fraction of sp³-hybridized carbons (Fsp3) is 0.727. The molecule has 0 amide bonds. The van der Waals surface area contributed by atoms with Crippen LogP contribution >= 0.6 is 0 Å². The number of hydrogen-bond acceptors (Lipinski definition) is 3. The third kappa shape index (κ3) is 4.27. The first-order valence-corrected chi connectivity index (χ1v) is 14.7. The first-order valence-electron chi connectivity index (χ1n) is 14.7. The van der Waals surface area contributed by atoms with Crippen LogP contribution in [0, 0.1) is 51.8 Å². The average molecular weight is 490 g/mol. The summed E-state index contributed by atoms with van der Waals surface area (Å²) in [6, 6.07) is 9.58. The molecule has 0 spiro atoms. The summed E-state index contributed by atoms with van der Waals surface area (Å²) < 4.78 is 0. The summed E-state index contributed by atoms with van der Waals surface area (Å²) >= 11 is 0. The van der Waals surface area contributed by atoms with E-state index in [4.69, 9.17) is 5.26 Å². The molecule has 0 aliphatic heterocycles.